The maximum absolute atomic E-state index is 13.4. The molecule has 4 heterocycles. The summed E-state index contributed by atoms with van der Waals surface area (Å²) in [6.45, 7) is 5.30. The molecule has 0 bridgehead atoms. The molecule has 0 unspecified atom stereocenters. The van der Waals surface area contributed by atoms with E-state index in [1.807, 2.05) is 24.8 Å². The van der Waals surface area contributed by atoms with Crippen molar-refractivity contribution >= 4 is 43.9 Å². The third kappa shape index (κ3) is 4.70. The van der Waals surface area contributed by atoms with Gasteiger partial charge in [-0.1, -0.05) is 25.2 Å². The summed E-state index contributed by atoms with van der Waals surface area (Å²) in [6, 6.07) is 4.81. The number of nitriles is 1. The Morgan fingerprint density at radius 3 is 2.47 bits per heavy atom. The molecule has 16 heteroatoms. The highest BCUT2D eigenvalue weighted by molar-refractivity contribution is 7.89. The second-order valence-corrected chi connectivity index (χ2v) is 12.1. The van der Waals surface area contributed by atoms with Gasteiger partial charge in [0.15, 0.2) is 10.5 Å². The fraction of sp³-hybridized carbons (Fsp3) is 0.500. The highest BCUT2D eigenvalue weighted by Gasteiger charge is 2.43. The molecule has 5 rings (SSSR count). The van der Waals surface area contributed by atoms with Gasteiger partial charge < -0.3 is 14.5 Å². The average Bonchev–Trinajstić information content (AvgIpc) is 3.53. The summed E-state index contributed by atoms with van der Waals surface area (Å²) in [7, 11) is -4.20. The smallest absolute Gasteiger partial charge is 0.291 e. The van der Waals surface area contributed by atoms with Crippen LogP contribution in [-0.2, 0) is 19.6 Å². The summed E-state index contributed by atoms with van der Waals surface area (Å²) < 4.78 is 61.9. The Hall–Kier alpha value is -3.26. The molecule has 0 aliphatic carbocycles. The normalized spacial score (nSPS) is 17.7. The van der Waals surface area contributed by atoms with Gasteiger partial charge in [0.25, 0.3) is 6.43 Å². The summed E-state index contributed by atoms with van der Waals surface area (Å²) in [5.41, 5.74) is -0.515. The number of ether oxygens (including phenoxy) is 1. The number of fused-ring (bicyclic) bond motifs is 1. The lowest BCUT2D eigenvalue weighted by Crippen LogP contribution is -2.61. The van der Waals surface area contributed by atoms with Crippen LogP contribution in [0.2, 0.25) is 0 Å². The van der Waals surface area contributed by atoms with Crippen molar-refractivity contribution in [3.8, 4) is 11.2 Å². The van der Waals surface area contributed by atoms with Crippen molar-refractivity contribution in [2.24, 2.45) is 5.92 Å². The number of halogens is 2. The number of rotatable bonds is 7. The first kappa shape index (κ1) is 26.4. The molecule has 12 nitrogen and oxygen atoms in total. The number of hydrogen-bond donors (Lipinski definition) is 1. The Morgan fingerprint density at radius 1 is 1.21 bits per heavy atom. The van der Waals surface area contributed by atoms with E-state index in [0.29, 0.717) is 54.1 Å². The monoisotopic (exact) mass is 566 g/mol. The molecule has 1 aromatic carbocycles. The predicted octanol–water partition coefficient (Wildman–Crippen LogP) is 1.69. The van der Waals surface area contributed by atoms with Gasteiger partial charge in [0.2, 0.25) is 21.1 Å². The van der Waals surface area contributed by atoms with Crippen molar-refractivity contribution in [3.05, 3.63) is 23.3 Å². The number of aromatic nitrogens is 4. The van der Waals surface area contributed by atoms with Crippen LogP contribution >= 0.6 is 11.3 Å². The van der Waals surface area contributed by atoms with Gasteiger partial charge in [0, 0.05) is 43.2 Å². The number of nitrogens with zero attached hydrogens (tertiary/aromatic N) is 7. The minimum Gasteiger partial charge on any atom is -0.375 e. The molecule has 0 radical (unpaired) electrons. The highest BCUT2D eigenvalue weighted by atomic mass is 32.2. The van der Waals surface area contributed by atoms with E-state index in [0.717, 1.165) is 0 Å². The Balaban J connectivity index is 1.58. The summed E-state index contributed by atoms with van der Waals surface area (Å²) in [6.07, 6.45) is -1.30. The lowest BCUT2D eigenvalue weighted by atomic mass is 10.0. The molecule has 2 fully saturated rings. The van der Waals surface area contributed by atoms with Gasteiger partial charge in [-0.3, -0.25) is 4.79 Å². The Morgan fingerprint density at radius 2 is 1.92 bits per heavy atom. The van der Waals surface area contributed by atoms with Crippen LogP contribution in [0.3, 0.4) is 0 Å². The molecular weight excluding hydrogens is 542 g/mol. The highest BCUT2D eigenvalue weighted by Crippen LogP contribution is 2.34. The van der Waals surface area contributed by atoms with Gasteiger partial charge in [-0.05, 0) is 12.1 Å². The number of anilines is 1. The van der Waals surface area contributed by atoms with Crippen molar-refractivity contribution in [2.45, 2.75) is 30.7 Å². The molecule has 2 aliphatic rings. The van der Waals surface area contributed by atoms with E-state index in [-0.39, 0.29) is 35.1 Å². The number of benzene rings is 1. The van der Waals surface area contributed by atoms with Crippen molar-refractivity contribution in [3.63, 3.8) is 0 Å². The van der Waals surface area contributed by atoms with Crippen molar-refractivity contribution in [2.75, 3.05) is 44.3 Å². The van der Waals surface area contributed by atoms with Crippen molar-refractivity contribution in [1.29, 1.82) is 5.26 Å². The number of hydrogen-bond acceptors (Lipinski definition) is 10. The van der Waals surface area contributed by atoms with Gasteiger partial charge >= 0.3 is 0 Å². The summed E-state index contributed by atoms with van der Waals surface area (Å²) >= 11 is 0.647. The van der Waals surface area contributed by atoms with Crippen molar-refractivity contribution in [1.82, 2.24) is 29.6 Å². The zero-order valence-corrected chi connectivity index (χ0v) is 22.1. The quantitative estimate of drug-likeness (QED) is 0.451. The van der Waals surface area contributed by atoms with E-state index < -0.39 is 27.0 Å². The lowest BCUT2D eigenvalue weighted by molar-refractivity contribution is -0.134. The van der Waals surface area contributed by atoms with Crippen LogP contribution < -0.4 is 9.62 Å². The molecule has 202 valence electrons. The average molecular weight is 567 g/mol. The maximum Gasteiger partial charge on any atom is 0.291 e. The molecule has 2 saturated heterocycles. The summed E-state index contributed by atoms with van der Waals surface area (Å²) in [5.74, 6) is -0.0993. The van der Waals surface area contributed by atoms with Gasteiger partial charge in [0.05, 0.1) is 35.9 Å². The molecular formula is C22H24F2N8O4S2. The first-order valence-corrected chi connectivity index (χ1v) is 14.0. The Kier molecular flexibility index (Phi) is 6.80. The zero-order valence-electron chi connectivity index (χ0n) is 20.5. The lowest BCUT2D eigenvalue weighted by Gasteiger charge is -2.37. The Bertz CT molecular complexity index is 1520. The van der Waals surface area contributed by atoms with Crippen LogP contribution in [-0.4, -0.2) is 84.1 Å². The largest absolute Gasteiger partial charge is 0.375 e. The minimum absolute atomic E-state index is 0.0405. The van der Waals surface area contributed by atoms with Gasteiger partial charge in [-0.2, -0.15) is 15.1 Å². The van der Waals surface area contributed by atoms with E-state index >= 15 is 0 Å². The van der Waals surface area contributed by atoms with Crippen LogP contribution in [0.5, 0.6) is 0 Å². The SMILES string of the molecule is CC(C)C(=O)N1CCN(c2cc(S(=O)(=O)NC3(C#N)COC3)cc3c2cnn3-c2nnc(C(F)F)s2)CC1. The standard InChI is InChI=1S/C22H24F2N8O4S2/c1-13(2)20(33)31-5-3-30(4-6-31)16-7-14(38(34,35)29-22(10-25)11-36-12-22)8-17-15(16)9-26-32(17)21-28-27-19(37-21)18(23)24/h7-9,13,18,29H,3-6,11-12H2,1-2H3. The van der Waals surface area contributed by atoms with Gasteiger partial charge in [-0.15, -0.1) is 10.2 Å². The van der Waals surface area contributed by atoms with Crippen molar-refractivity contribution < 1.29 is 26.7 Å². The fourth-order valence-electron chi connectivity index (χ4n) is 4.35. The number of piperazine rings is 1. The molecule has 38 heavy (non-hydrogen) atoms. The van der Waals surface area contributed by atoms with E-state index in [2.05, 4.69) is 20.0 Å². The molecule has 1 amide bonds. The zero-order chi connectivity index (χ0) is 27.2. The molecule has 1 N–H and O–H groups in total. The number of carbonyl (C=O) groups is 1. The third-order valence-corrected chi connectivity index (χ3v) is 8.84. The molecule has 0 saturated carbocycles. The summed E-state index contributed by atoms with van der Waals surface area (Å²) in [5, 5.41) is 21.3. The van der Waals surface area contributed by atoms with Crippen LogP contribution in [0.15, 0.2) is 23.2 Å². The van der Waals surface area contributed by atoms with E-state index in [1.165, 1.54) is 23.0 Å². The molecule has 0 spiro atoms. The second-order valence-electron chi connectivity index (χ2n) is 9.41. The summed E-state index contributed by atoms with van der Waals surface area (Å²) in [4.78, 5) is 16.0. The number of alkyl halides is 2. The first-order chi connectivity index (χ1) is 18.0. The van der Waals surface area contributed by atoms with Crippen LogP contribution in [0.4, 0.5) is 14.5 Å². The van der Waals surface area contributed by atoms with Crippen LogP contribution in [0.1, 0.15) is 25.3 Å². The maximum atomic E-state index is 13.4. The Labute approximate surface area is 220 Å². The van der Waals surface area contributed by atoms with Gasteiger partial charge in [0.1, 0.15) is 0 Å². The topological polar surface area (TPSA) is 146 Å². The third-order valence-electron chi connectivity index (χ3n) is 6.42. The number of nitrogens with one attached hydrogen (secondary N) is 1. The first-order valence-electron chi connectivity index (χ1n) is 11.7. The second kappa shape index (κ2) is 9.80. The van der Waals surface area contributed by atoms with Crippen LogP contribution in [0, 0.1) is 17.2 Å². The van der Waals surface area contributed by atoms with Gasteiger partial charge in [-0.25, -0.2) is 21.9 Å². The molecule has 2 aromatic heterocycles. The van der Waals surface area contributed by atoms with E-state index in [4.69, 9.17) is 4.74 Å². The fourth-order valence-corrected chi connectivity index (χ4v) is 6.35. The number of carbonyl (C=O) groups excluding carboxylic acids is 1. The van der Waals surface area contributed by atoms with E-state index in [9.17, 15) is 27.3 Å². The van der Waals surface area contributed by atoms with E-state index in [1.54, 1.807) is 4.90 Å². The molecule has 0 atom stereocenters. The predicted molar refractivity (Wildman–Crippen MR) is 133 cm³/mol. The van der Waals surface area contributed by atoms with Crippen LogP contribution in [0.25, 0.3) is 16.0 Å². The molecule has 2 aliphatic heterocycles. The molecule has 3 aromatic rings. The minimum atomic E-state index is -4.20. The number of sulfonamides is 1. The number of amides is 1.